The lowest BCUT2D eigenvalue weighted by Crippen LogP contribution is -2.00. The summed E-state index contributed by atoms with van der Waals surface area (Å²) >= 11 is 6.93. The number of nitrogens with one attached hydrogen (secondary N) is 1. The average molecular weight is 339 g/mol. The molecule has 5 nitrogen and oxygen atoms in total. The van der Waals surface area contributed by atoms with Crippen LogP contribution in [-0.2, 0) is 16.4 Å². The van der Waals surface area contributed by atoms with Crippen molar-refractivity contribution in [3.05, 3.63) is 39.1 Å². The third kappa shape index (κ3) is 2.66. The summed E-state index contributed by atoms with van der Waals surface area (Å²) in [4.78, 5) is 8.73. The van der Waals surface area contributed by atoms with Crippen molar-refractivity contribution in [2.45, 2.75) is 18.4 Å². The molecule has 0 amide bonds. The normalized spacial score (nSPS) is 12.1. The summed E-state index contributed by atoms with van der Waals surface area (Å²) in [6.45, 7) is 2.53. The van der Waals surface area contributed by atoms with Gasteiger partial charge in [0.2, 0.25) is 0 Å². The maximum atomic E-state index is 11.9. The van der Waals surface area contributed by atoms with E-state index in [2.05, 4.69) is 9.97 Å². The fourth-order valence-electron chi connectivity index (χ4n) is 2.23. The fourth-order valence-corrected chi connectivity index (χ4v) is 4.12. The van der Waals surface area contributed by atoms with Gasteiger partial charge in [0.1, 0.15) is 5.01 Å². The van der Waals surface area contributed by atoms with Gasteiger partial charge in [0.15, 0.2) is 14.6 Å². The molecular formula is C13H13N3O2S3. The molecule has 0 fully saturated rings. The van der Waals surface area contributed by atoms with E-state index in [1.54, 1.807) is 23.5 Å². The number of fused-ring (bicyclic) bond motifs is 1. The number of aromatic amines is 1. The Morgan fingerprint density at radius 3 is 2.81 bits per heavy atom. The molecule has 0 atom stereocenters. The largest absolute Gasteiger partial charge is 0.329 e. The number of hydrogen-bond acceptors (Lipinski definition) is 5. The highest BCUT2D eigenvalue weighted by atomic mass is 32.2. The first kappa shape index (κ1) is 14.4. The Hall–Kier alpha value is -1.51. The number of benzene rings is 1. The van der Waals surface area contributed by atoms with Crippen molar-refractivity contribution in [3.8, 4) is 0 Å². The fraction of sp³-hybridized carbons (Fsp3) is 0.231. The molecule has 0 aliphatic heterocycles. The number of aromatic nitrogens is 3. The highest BCUT2D eigenvalue weighted by molar-refractivity contribution is 7.91. The summed E-state index contributed by atoms with van der Waals surface area (Å²) < 4.78 is 26.1. The Morgan fingerprint density at radius 2 is 2.19 bits per heavy atom. The van der Waals surface area contributed by atoms with E-state index in [1.165, 1.54) is 6.26 Å². The number of para-hydroxylation sites is 1. The topological polar surface area (TPSA) is 67.8 Å². The SMILES string of the molecule is Cc1cnc(Cn2c(=S)[nH]c3c(S(C)(=O)=O)cccc32)s1. The van der Waals surface area contributed by atoms with Crippen LogP contribution in [0.15, 0.2) is 29.3 Å². The van der Waals surface area contributed by atoms with Crippen LogP contribution in [0.5, 0.6) is 0 Å². The first-order valence-corrected chi connectivity index (χ1v) is 9.31. The molecule has 2 aromatic heterocycles. The first-order valence-electron chi connectivity index (χ1n) is 6.19. The lowest BCUT2D eigenvalue weighted by molar-refractivity contribution is 0.602. The van der Waals surface area contributed by atoms with Gasteiger partial charge in [-0.2, -0.15) is 0 Å². The van der Waals surface area contributed by atoms with E-state index in [-0.39, 0.29) is 4.90 Å². The molecular weight excluding hydrogens is 326 g/mol. The molecule has 3 aromatic rings. The maximum Gasteiger partial charge on any atom is 0.178 e. The molecule has 0 bridgehead atoms. The second kappa shape index (κ2) is 5.04. The second-order valence-electron chi connectivity index (χ2n) is 4.80. The van der Waals surface area contributed by atoms with Crippen LogP contribution >= 0.6 is 23.6 Å². The van der Waals surface area contributed by atoms with Gasteiger partial charge in [0.05, 0.1) is 22.5 Å². The average Bonchev–Trinajstić information content (AvgIpc) is 2.93. The number of sulfone groups is 1. The zero-order valence-electron chi connectivity index (χ0n) is 11.5. The predicted octanol–water partition coefficient (Wildman–Crippen LogP) is 2.92. The Labute approximate surface area is 131 Å². The molecule has 0 aliphatic rings. The monoisotopic (exact) mass is 339 g/mol. The van der Waals surface area contributed by atoms with Crippen molar-refractivity contribution in [1.82, 2.24) is 14.5 Å². The van der Waals surface area contributed by atoms with E-state index in [1.807, 2.05) is 23.8 Å². The van der Waals surface area contributed by atoms with Crippen LogP contribution in [-0.4, -0.2) is 29.2 Å². The second-order valence-corrected chi connectivity index (χ2v) is 8.49. The summed E-state index contributed by atoms with van der Waals surface area (Å²) in [6.07, 6.45) is 3.01. The van der Waals surface area contributed by atoms with Gasteiger partial charge in [-0.25, -0.2) is 13.4 Å². The van der Waals surface area contributed by atoms with Crippen LogP contribution in [0, 0.1) is 11.7 Å². The summed E-state index contributed by atoms with van der Waals surface area (Å²) in [5, 5.41) is 0.939. The van der Waals surface area contributed by atoms with E-state index in [4.69, 9.17) is 12.2 Å². The van der Waals surface area contributed by atoms with Crippen LogP contribution < -0.4 is 0 Å². The smallest absolute Gasteiger partial charge is 0.178 e. The van der Waals surface area contributed by atoms with E-state index in [0.717, 1.165) is 15.4 Å². The van der Waals surface area contributed by atoms with E-state index in [9.17, 15) is 8.42 Å². The molecule has 3 rings (SSSR count). The van der Waals surface area contributed by atoms with Crippen LogP contribution in [0.3, 0.4) is 0 Å². The Bertz CT molecular complexity index is 980. The van der Waals surface area contributed by atoms with E-state index in [0.29, 0.717) is 16.8 Å². The first-order chi connectivity index (χ1) is 9.86. The van der Waals surface area contributed by atoms with Crippen molar-refractivity contribution < 1.29 is 8.42 Å². The molecule has 1 N–H and O–H groups in total. The van der Waals surface area contributed by atoms with Crippen LogP contribution in [0.1, 0.15) is 9.88 Å². The quantitative estimate of drug-likeness (QED) is 0.745. The van der Waals surface area contributed by atoms with Crippen LogP contribution in [0.4, 0.5) is 0 Å². The number of hydrogen-bond donors (Lipinski definition) is 1. The van der Waals surface area contributed by atoms with Gasteiger partial charge in [-0.15, -0.1) is 11.3 Å². The molecule has 8 heteroatoms. The van der Waals surface area contributed by atoms with Gasteiger partial charge >= 0.3 is 0 Å². The molecule has 0 spiro atoms. The van der Waals surface area contributed by atoms with Crippen molar-refractivity contribution in [3.63, 3.8) is 0 Å². The summed E-state index contributed by atoms with van der Waals surface area (Å²) in [5.41, 5.74) is 1.33. The summed E-state index contributed by atoms with van der Waals surface area (Å²) in [7, 11) is -3.31. The maximum absolute atomic E-state index is 11.9. The Morgan fingerprint density at radius 1 is 1.43 bits per heavy atom. The highest BCUT2D eigenvalue weighted by Crippen LogP contribution is 2.24. The molecule has 2 heterocycles. The minimum absolute atomic E-state index is 0.264. The van der Waals surface area contributed by atoms with Crippen LogP contribution in [0.2, 0.25) is 0 Å². The van der Waals surface area contributed by atoms with Gasteiger partial charge in [-0.05, 0) is 31.3 Å². The van der Waals surface area contributed by atoms with Gasteiger partial charge in [-0.3, -0.25) is 0 Å². The van der Waals surface area contributed by atoms with Gasteiger partial charge in [0, 0.05) is 17.3 Å². The lowest BCUT2D eigenvalue weighted by atomic mass is 10.3. The molecule has 0 aliphatic carbocycles. The molecule has 0 unspecified atom stereocenters. The zero-order valence-corrected chi connectivity index (χ0v) is 13.9. The number of H-pyrrole nitrogens is 1. The number of nitrogens with zero attached hydrogens (tertiary/aromatic N) is 2. The highest BCUT2D eigenvalue weighted by Gasteiger charge is 2.16. The third-order valence-corrected chi connectivity index (χ3v) is 5.49. The molecule has 21 heavy (non-hydrogen) atoms. The minimum Gasteiger partial charge on any atom is -0.329 e. The third-order valence-electron chi connectivity index (χ3n) is 3.13. The summed E-state index contributed by atoms with van der Waals surface area (Å²) in [5.74, 6) is 0. The van der Waals surface area contributed by atoms with Crippen molar-refractivity contribution in [2.24, 2.45) is 0 Å². The van der Waals surface area contributed by atoms with Gasteiger partial charge in [0.25, 0.3) is 0 Å². The molecule has 0 radical (unpaired) electrons. The molecule has 0 saturated carbocycles. The molecule has 1 aromatic carbocycles. The van der Waals surface area contributed by atoms with Crippen molar-refractivity contribution >= 4 is 44.4 Å². The number of thiazole rings is 1. The Kier molecular flexibility index (Phi) is 3.46. The standard InChI is InChI=1S/C13H13N3O2S3/c1-8-6-14-11(20-8)7-16-9-4-3-5-10(21(2,17)18)12(9)15-13(16)19/h3-6H,7H2,1-2H3,(H,15,19). The number of rotatable bonds is 3. The van der Waals surface area contributed by atoms with Crippen molar-refractivity contribution in [2.75, 3.05) is 6.26 Å². The van der Waals surface area contributed by atoms with Gasteiger partial charge < -0.3 is 9.55 Å². The van der Waals surface area contributed by atoms with Crippen LogP contribution in [0.25, 0.3) is 11.0 Å². The molecule has 110 valence electrons. The Balaban J connectivity index is 2.21. The zero-order chi connectivity index (χ0) is 15.2. The van der Waals surface area contributed by atoms with E-state index < -0.39 is 9.84 Å². The number of imidazole rings is 1. The van der Waals surface area contributed by atoms with Crippen molar-refractivity contribution in [1.29, 1.82) is 0 Å². The number of aryl methyl sites for hydroxylation is 1. The van der Waals surface area contributed by atoms with Gasteiger partial charge in [-0.1, -0.05) is 6.07 Å². The predicted molar refractivity (Wildman–Crippen MR) is 86.2 cm³/mol. The lowest BCUT2D eigenvalue weighted by Gasteiger charge is -2.03. The minimum atomic E-state index is -3.31. The molecule has 0 saturated heterocycles. The summed E-state index contributed by atoms with van der Waals surface area (Å²) in [6, 6.07) is 5.17. The van der Waals surface area contributed by atoms with E-state index >= 15 is 0 Å².